The first-order chi connectivity index (χ1) is 11.6. The summed E-state index contributed by atoms with van der Waals surface area (Å²) < 4.78 is 70.8. The minimum Gasteiger partial charge on any atom is -0.760 e. The summed E-state index contributed by atoms with van der Waals surface area (Å²) in [6, 6.07) is 1.68. The Balaban J connectivity index is 2.04. The van der Waals surface area contributed by atoms with Crippen LogP contribution in [0.2, 0.25) is 0 Å². The summed E-state index contributed by atoms with van der Waals surface area (Å²) in [5.41, 5.74) is -3.49. The molecule has 2 N–H and O–H groups in total. The maximum atomic E-state index is 14.6. The Morgan fingerprint density at radius 1 is 1.40 bits per heavy atom. The van der Waals surface area contributed by atoms with Gasteiger partial charge in [-0.3, -0.25) is 4.21 Å². The lowest BCUT2D eigenvalue weighted by molar-refractivity contribution is 0.00386. The summed E-state index contributed by atoms with van der Waals surface area (Å²) in [6.07, 6.45) is -0.487. The molecule has 1 fully saturated rings. The van der Waals surface area contributed by atoms with Gasteiger partial charge in [0.1, 0.15) is 17.3 Å². The molecule has 0 radical (unpaired) electrons. The molecule has 7 nitrogen and oxygen atoms in total. The molecule has 25 heavy (non-hydrogen) atoms. The third-order valence-electron chi connectivity index (χ3n) is 4.22. The fourth-order valence-corrected chi connectivity index (χ4v) is 3.60. The van der Waals surface area contributed by atoms with Crippen molar-refractivity contribution in [3.63, 3.8) is 0 Å². The minimum atomic E-state index is -2.63. The summed E-state index contributed by atoms with van der Waals surface area (Å²) in [4.78, 5) is 11.2. The van der Waals surface area contributed by atoms with E-state index in [1.165, 1.54) is 6.92 Å². The Bertz CT molecular complexity index is 888. The van der Waals surface area contributed by atoms with Crippen LogP contribution in [0.4, 0.5) is 13.2 Å². The maximum Gasteiger partial charge on any atom is 0.434 e. The van der Waals surface area contributed by atoms with Gasteiger partial charge >= 0.3 is 5.76 Å². The molecule has 0 aliphatic heterocycles. The number of aromatic amines is 1. The molecule has 0 amide bonds. The lowest BCUT2D eigenvalue weighted by Gasteiger charge is -2.48. The summed E-state index contributed by atoms with van der Waals surface area (Å²) >= 11 is -2.63. The van der Waals surface area contributed by atoms with Crippen molar-refractivity contribution in [3.8, 4) is 0 Å². The number of alkyl halides is 1. The van der Waals surface area contributed by atoms with E-state index >= 15 is 0 Å². The lowest BCUT2D eigenvalue weighted by atomic mass is 9.57. The van der Waals surface area contributed by atoms with Crippen LogP contribution in [0.3, 0.4) is 0 Å². The zero-order chi connectivity index (χ0) is 18.4. The molecule has 1 saturated carbocycles. The van der Waals surface area contributed by atoms with Crippen LogP contribution in [0.1, 0.15) is 36.8 Å². The lowest BCUT2D eigenvalue weighted by Crippen LogP contribution is -2.51. The Morgan fingerprint density at radius 3 is 2.60 bits per heavy atom. The van der Waals surface area contributed by atoms with E-state index in [1.54, 1.807) is 0 Å². The van der Waals surface area contributed by atoms with E-state index in [2.05, 4.69) is 5.10 Å². The molecular weight excluding hydrogens is 363 g/mol. The van der Waals surface area contributed by atoms with Crippen LogP contribution in [-0.4, -0.2) is 24.6 Å². The van der Waals surface area contributed by atoms with Crippen molar-refractivity contribution in [2.24, 2.45) is 0 Å². The fourth-order valence-electron chi connectivity index (χ4n) is 3.33. The van der Waals surface area contributed by atoms with Crippen molar-refractivity contribution in [3.05, 3.63) is 51.3 Å². The Morgan fingerprint density at radius 2 is 2.08 bits per heavy atom. The Hall–Kier alpha value is -1.98. The minimum absolute atomic E-state index is 0.206. The number of hydrogen-bond acceptors (Lipinski definition) is 5. The van der Waals surface area contributed by atoms with E-state index in [-0.39, 0.29) is 29.9 Å². The predicted octanol–water partition coefficient (Wildman–Crippen LogP) is 1.33. The van der Waals surface area contributed by atoms with Gasteiger partial charge in [0.05, 0.1) is 5.41 Å². The average molecular weight is 376 g/mol. The van der Waals surface area contributed by atoms with Crippen molar-refractivity contribution in [2.45, 2.75) is 37.4 Å². The number of aromatic nitrogens is 2. The first-order valence-corrected chi connectivity index (χ1v) is 8.26. The standard InChI is InChI=1S/C14H14F3N3O4S/c1-13(17)5-14(6-13,11-19-20-12(21)24-11)8-3-9(15)7(2-10(8)16)4-18-25(22)23/h2-3,18H,4-6H2,1H3,(H,20,21)(H,22,23)/p-1. The second kappa shape index (κ2) is 6.07. The van der Waals surface area contributed by atoms with E-state index in [9.17, 15) is 26.7 Å². The summed E-state index contributed by atoms with van der Waals surface area (Å²) in [5, 5.41) is 5.68. The maximum absolute atomic E-state index is 14.6. The zero-order valence-corrected chi connectivity index (χ0v) is 13.7. The van der Waals surface area contributed by atoms with E-state index in [0.29, 0.717) is 0 Å². The first-order valence-electron chi connectivity index (χ1n) is 7.19. The molecule has 1 aromatic heterocycles. The van der Waals surface area contributed by atoms with Crippen molar-refractivity contribution >= 4 is 11.3 Å². The summed E-state index contributed by atoms with van der Waals surface area (Å²) in [6.45, 7) is 0.858. The van der Waals surface area contributed by atoms with Crippen LogP contribution >= 0.6 is 0 Å². The van der Waals surface area contributed by atoms with Crippen molar-refractivity contribution in [1.29, 1.82) is 0 Å². The smallest absolute Gasteiger partial charge is 0.434 e. The Kier molecular flexibility index (Phi) is 4.33. The molecule has 1 aliphatic rings. The highest BCUT2D eigenvalue weighted by atomic mass is 32.2. The van der Waals surface area contributed by atoms with Crippen molar-refractivity contribution in [2.75, 3.05) is 0 Å². The van der Waals surface area contributed by atoms with E-state index < -0.39 is 46.3 Å². The Labute approximate surface area is 142 Å². The number of H-pyrrole nitrogens is 1. The predicted molar refractivity (Wildman–Crippen MR) is 78.8 cm³/mol. The van der Waals surface area contributed by atoms with Crippen LogP contribution in [0, 0.1) is 11.6 Å². The quantitative estimate of drug-likeness (QED) is 0.765. The fraction of sp³-hybridized carbons (Fsp3) is 0.429. The molecule has 0 saturated heterocycles. The molecule has 1 unspecified atom stereocenters. The van der Waals surface area contributed by atoms with Gasteiger partial charge in [0, 0.05) is 28.9 Å². The summed E-state index contributed by atoms with van der Waals surface area (Å²) in [5.74, 6) is -2.87. The van der Waals surface area contributed by atoms with Gasteiger partial charge in [-0.1, -0.05) is 0 Å². The van der Waals surface area contributed by atoms with Gasteiger partial charge in [-0.15, -0.1) is 5.10 Å². The van der Waals surface area contributed by atoms with E-state index in [4.69, 9.17) is 4.42 Å². The van der Waals surface area contributed by atoms with Crippen LogP contribution in [0.5, 0.6) is 0 Å². The number of hydrogen-bond donors (Lipinski definition) is 2. The second-order valence-corrected chi connectivity index (χ2v) is 7.00. The highest BCUT2D eigenvalue weighted by Crippen LogP contribution is 2.56. The van der Waals surface area contributed by atoms with Gasteiger partial charge in [0.25, 0.3) is 0 Å². The summed E-state index contributed by atoms with van der Waals surface area (Å²) in [7, 11) is 0. The molecule has 1 heterocycles. The molecule has 1 atom stereocenters. The molecule has 0 bridgehead atoms. The van der Waals surface area contributed by atoms with E-state index in [0.717, 1.165) is 12.1 Å². The highest BCUT2D eigenvalue weighted by molar-refractivity contribution is 7.77. The first kappa shape index (κ1) is 17.8. The van der Waals surface area contributed by atoms with Crippen LogP contribution in [0.25, 0.3) is 0 Å². The van der Waals surface area contributed by atoms with Crippen LogP contribution < -0.4 is 10.5 Å². The molecule has 0 spiro atoms. The van der Waals surface area contributed by atoms with Gasteiger partial charge in [0.15, 0.2) is 0 Å². The molecular formula is C14H13F3N3O4S-. The van der Waals surface area contributed by atoms with Gasteiger partial charge < -0.3 is 8.97 Å². The molecule has 3 rings (SSSR count). The molecule has 136 valence electrons. The van der Waals surface area contributed by atoms with Gasteiger partial charge in [-0.2, -0.15) is 0 Å². The van der Waals surface area contributed by atoms with E-state index in [1.807, 2.05) is 9.82 Å². The zero-order valence-electron chi connectivity index (χ0n) is 12.9. The second-order valence-electron chi connectivity index (χ2n) is 6.25. The van der Waals surface area contributed by atoms with Crippen molar-refractivity contribution in [1.82, 2.24) is 14.9 Å². The third-order valence-corrected chi connectivity index (χ3v) is 4.60. The molecule has 2 aromatic rings. The van der Waals surface area contributed by atoms with Crippen LogP contribution in [0.15, 0.2) is 21.3 Å². The van der Waals surface area contributed by atoms with Crippen molar-refractivity contribution < 1.29 is 26.4 Å². The molecule has 1 aromatic carbocycles. The van der Waals surface area contributed by atoms with Crippen LogP contribution in [-0.2, 0) is 23.2 Å². The average Bonchev–Trinajstić information content (AvgIpc) is 2.91. The van der Waals surface area contributed by atoms with Gasteiger partial charge in [-0.25, -0.2) is 27.8 Å². The number of halogens is 3. The number of benzene rings is 1. The number of rotatable bonds is 5. The normalized spacial score (nSPS) is 27.1. The molecule has 11 heteroatoms. The largest absolute Gasteiger partial charge is 0.760 e. The third kappa shape index (κ3) is 3.26. The SMILES string of the molecule is CC1(F)CC(c2n[nH]c(=O)o2)(c2cc(F)c(CNS(=O)[O-])cc2F)C1. The number of nitrogens with one attached hydrogen (secondary N) is 2. The highest BCUT2D eigenvalue weighted by Gasteiger charge is 2.59. The number of nitrogens with zero attached hydrogens (tertiary/aromatic N) is 1. The van der Waals surface area contributed by atoms with Gasteiger partial charge in [0.2, 0.25) is 5.89 Å². The molecule has 1 aliphatic carbocycles. The monoisotopic (exact) mass is 376 g/mol. The topological polar surface area (TPSA) is 111 Å². The van der Waals surface area contributed by atoms with Gasteiger partial charge in [-0.05, 0) is 31.9 Å².